The third-order valence-corrected chi connectivity index (χ3v) is 11.4. The minimum atomic E-state index is -0.438. The summed E-state index contributed by atoms with van der Waals surface area (Å²) in [5.41, 5.74) is -0.0875. The van der Waals surface area contributed by atoms with E-state index in [1.165, 1.54) is 7.11 Å². The molecule has 3 unspecified atom stereocenters. The molecule has 10 atom stereocenters. The first-order chi connectivity index (χ1) is 15.6. The minimum absolute atomic E-state index is 0.112. The number of ether oxygens (including phenoxy) is 3. The SMILES string of the molecule is COC(=O)CC[C@@H](C)C1CC[C@H]2C3C(C[C@H](O)[C@]12C)[C@@]1(C)CCC2(C[C@@H]1C[C@H]3O)OCCO2. The van der Waals surface area contributed by atoms with Gasteiger partial charge >= 0.3 is 5.97 Å². The summed E-state index contributed by atoms with van der Waals surface area (Å²) in [6, 6.07) is 0. The van der Waals surface area contributed by atoms with E-state index in [0.717, 1.165) is 51.4 Å². The Bertz CT molecular complexity index is 749. The van der Waals surface area contributed by atoms with Gasteiger partial charge in [0, 0.05) is 19.3 Å². The van der Waals surface area contributed by atoms with Gasteiger partial charge in [0.15, 0.2) is 5.79 Å². The van der Waals surface area contributed by atoms with E-state index in [9.17, 15) is 15.0 Å². The van der Waals surface area contributed by atoms with Crippen molar-refractivity contribution in [3.8, 4) is 0 Å². The molecule has 2 N–H and O–H groups in total. The highest BCUT2D eigenvalue weighted by Crippen LogP contribution is 2.69. The maximum Gasteiger partial charge on any atom is 0.305 e. The van der Waals surface area contributed by atoms with Crippen LogP contribution in [0.2, 0.25) is 0 Å². The first kappa shape index (κ1) is 24.0. The topological polar surface area (TPSA) is 85.2 Å². The number of methoxy groups -OCH3 is 1. The van der Waals surface area contributed by atoms with Crippen LogP contribution in [0.1, 0.15) is 78.6 Å². The molecule has 6 nitrogen and oxygen atoms in total. The molecule has 33 heavy (non-hydrogen) atoms. The molecule has 0 bridgehead atoms. The van der Waals surface area contributed by atoms with Crippen LogP contribution in [0.4, 0.5) is 0 Å². The van der Waals surface area contributed by atoms with E-state index < -0.39 is 5.79 Å². The summed E-state index contributed by atoms with van der Waals surface area (Å²) in [6.45, 7) is 8.28. The van der Waals surface area contributed by atoms with E-state index in [1.807, 2.05) is 0 Å². The van der Waals surface area contributed by atoms with E-state index in [4.69, 9.17) is 14.2 Å². The Kier molecular flexibility index (Phi) is 6.16. The highest BCUT2D eigenvalue weighted by molar-refractivity contribution is 5.69. The van der Waals surface area contributed by atoms with Crippen LogP contribution in [0.15, 0.2) is 0 Å². The molecule has 5 fully saturated rings. The molecule has 4 aliphatic carbocycles. The van der Waals surface area contributed by atoms with Crippen LogP contribution in [0.5, 0.6) is 0 Å². The van der Waals surface area contributed by atoms with Crippen LogP contribution >= 0.6 is 0 Å². The Morgan fingerprint density at radius 1 is 1.09 bits per heavy atom. The minimum Gasteiger partial charge on any atom is -0.469 e. The standard InChI is InChI=1S/C27H44O6/c1-16(5-8-23(30)31-4)18-6-7-19-24-20(14-22(29)26(18,19)3)25(2)9-10-27(32-11-12-33-27)15-17(25)13-21(24)28/h16-22,24,28-29H,5-15H2,1-4H3/t16-,17+,18?,19+,20?,21-,22+,24?,25+,26-/m1/s1. The Labute approximate surface area is 198 Å². The average Bonchev–Trinajstić information content (AvgIpc) is 3.39. The van der Waals surface area contributed by atoms with Crippen molar-refractivity contribution in [3.05, 3.63) is 0 Å². The van der Waals surface area contributed by atoms with Crippen molar-refractivity contribution in [2.24, 2.45) is 46.3 Å². The molecular formula is C27H44O6. The number of fused-ring (bicyclic) bond motifs is 5. The molecule has 0 radical (unpaired) electrons. The van der Waals surface area contributed by atoms with Gasteiger partial charge in [-0.05, 0) is 84.9 Å². The molecule has 0 aromatic rings. The second-order valence-corrected chi connectivity index (χ2v) is 12.5. The lowest BCUT2D eigenvalue weighted by Crippen LogP contribution is -2.63. The van der Waals surface area contributed by atoms with Crippen molar-refractivity contribution in [2.45, 2.75) is 96.6 Å². The number of rotatable bonds is 4. The van der Waals surface area contributed by atoms with Crippen LogP contribution < -0.4 is 0 Å². The zero-order valence-electron chi connectivity index (χ0n) is 20.9. The van der Waals surface area contributed by atoms with Gasteiger partial charge in [0.05, 0.1) is 32.5 Å². The van der Waals surface area contributed by atoms with Crippen molar-refractivity contribution in [3.63, 3.8) is 0 Å². The largest absolute Gasteiger partial charge is 0.469 e. The summed E-state index contributed by atoms with van der Waals surface area (Å²) < 4.78 is 17.0. The van der Waals surface area contributed by atoms with Crippen molar-refractivity contribution in [1.82, 2.24) is 0 Å². The molecule has 1 spiro atoms. The van der Waals surface area contributed by atoms with Gasteiger partial charge in [-0.1, -0.05) is 20.8 Å². The number of aliphatic hydroxyl groups is 2. The van der Waals surface area contributed by atoms with E-state index in [1.54, 1.807) is 0 Å². The summed E-state index contributed by atoms with van der Waals surface area (Å²) in [4.78, 5) is 11.7. The first-order valence-electron chi connectivity index (χ1n) is 13.4. The normalized spacial score (nSPS) is 49.2. The number of esters is 1. The van der Waals surface area contributed by atoms with Crippen LogP contribution in [-0.4, -0.2) is 54.5 Å². The zero-order chi connectivity index (χ0) is 23.6. The average molecular weight is 465 g/mol. The number of hydrogen-bond acceptors (Lipinski definition) is 6. The van der Waals surface area contributed by atoms with Crippen LogP contribution in [0, 0.1) is 46.3 Å². The maximum atomic E-state index is 11.7. The molecule has 1 heterocycles. The lowest BCUT2D eigenvalue weighted by atomic mass is 9.43. The highest BCUT2D eigenvalue weighted by atomic mass is 16.7. The Hall–Kier alpha value is -0.690. The predicted molar refractivity (Wildman–Crippen MR) is 123 cm³/mol. The quantitative estimate of drug-likeness (QED) is 0.614. The molecule has 0 aromatic carbocycles. The van der Waals surface area contributed by atoms with Crippen molar-refractivity contribution < 1.29 is 29.2 Å². The summed E-state index contributed by atoms with van der Waals surface area (Å²) in [6.07, 6.45) is 7.10. The summed E-state index contributed by atoms with van der Waals surface area (Å²) in [7, 11) is 1.45. The lowest BCUT2D eigenvalue weighted by molar-refractivity contribution is -0.252. The Morgan fingerprint density at radius 2 is 1.82 bits per heavy atom. The van der Waals surface area contributed by atoms with Crippen molar-refractivity contribution >= 4 is 5.97 Å². The number of carbonyl (C=O) groups excluding carboxylic acids is 1. The molecule has 5 rings (SSSR count). The van der Waals surface area contributed by atoms with E-state index in [2.05, 4.69) is 20.8 Å². The second-order valence-electron chi connectivity index (χ2n) is 12.5. The van der Waals surface area contributed by atoms with E-state index in [-0.39, 0.29) is 34.9 Å². The molecule has 0 aromatic heterocycles. The molecule has 6 heteroatoms. The van der Waals surface area contributed by atoms with E-state index >= 15 is 0 Å². The summed E-state index contributed by atoms with van der Waals surface area (Å²) in [5.74, 6) is 1.41. The third-order valence-electron chi connectivity index (χ3n) is 11.4. The van der Waals surface area contributed by atoms with Gasteiger partial charge in [0.25, 0.3) is 0 Å². The fourth-order valence-electron chi connectivity index (χ4n) is 9.50. The smallest absolute Gasteiger partial charge is 0.305 e. The number of aliphatic hydroxyl groups excluding tert-OH is 2. The molecule has 0 amide bonds. The lowest BCUT2D eigenvalue weighted by Gasteiger charge is -2.64. The van der Waals surface area contributed by atoms with E-state index in [0.29, 0.717) is 49.2 Å². The van der Waals surface area contributed by atoms with Gasteiger partial charge in [0.2, 0.25) is 0 Å². The number of carbonyl (C=O) groups is 1. The fraction of sp³-hybridized carbons (Fsp3) is 0.963. The van der Waals surface area contributed by atoms with Crippen LogP contribution in [-0.2, 0) is 19.0 Å². The van der Waals surface area contributed by atoms with Crippen LogP contribution in [0.3, 0.4) is 0 Å². The highest BCUT2D eigenvalue weighted by Gasteiger charge is 2.66. The summed E-state index contributed by atoms with van der Waals surface area (Å²) >= 11 is 0. The zero-order valence-corrected chi connectivity index (χ0v) is 20.9. The maximum absolute atomic E-state index is 11.7. The van der Waals surface area contributed by atoms with Crippen LogP contribution in [0.25, 0.3) is 0 Å². The number of hydrogen-bond donors (Lipinski definition) is 2. The van der Waals surface area contributed by atoms with Gasteiger partial charge in [-0.25, -0.2) is 0 Å². The van der Waals surface area contributed by atoms with Gasteiger partial charge in [-0.2, -0.15) is 0 Å². The van der Waals surface area contributed by atoms with Gasteiger partial charge in [0.1, 0.15) is 0 Å². The summed E-state index contributed by atoms with van der Waals surface area (Å²) in [5, 5.41) is 23.2. The van der Waals surface area contributed by atoms with Gasteiger partial charge in [-0.3, -0.25) is 4.79 Å². The Morgan fingerprint density at radius 3 is 2.52 bits per heavy atom. The Balaban J connectivity index is 1.37. The monoisotopic (exact) mass is 464 g/mol. The van der Waals surface area contributed by atoms with Crippen molar-refractivity contribution in [1.29, 1.82) is 0 Å². The molecule has 5 aliphatic rings. The molecule has 188 valence electrons. The molecular weight excluding hydrogens is 420 g/mol. The van der Waals surface area contributed by atoms with Crippen molar-refractivity contribution in [2.75, 3.05) is 20.3 Å². The first-order valence-corrected chi connectivity index (χ1v) is 13.4. The molecule has 1 saturated heterocycles. The molecule has 1 aliphatic heterocycles. The predicted octanol–water partition coefficient (Wildman–Crippen LogP) is 3.92. The molecule has 4 saturated carbocycles. The fourth-order valence-corrected chi connectivity index (χ4v) is 9.50. The third kappa shape index (κ3) is 3.61. The van der Waals surface area contributed by atoms with Gasteiger partial charge in [-0.15, -0.1) is 0 Å². The second kappa shape index (κ2) is 8.46. The van der Waals surface area contributed by atoms with Gasteiger partial charge < -0.3 is 24.4 Å².